The van der Waals surface area contributed by atoms with E-state index in [9.17, 15) is 14.9 Å². The molecule has 1 saturated carbocycles. The molecule has 21 heavy (non-hydrogen) atoms. The Kier molecular flexibility index (Phi) is 3.31. The topological polar surface area (TPSA) is 75.5 Å². The van der Waals surface area contributed by atoms with Gasteiger partial charge in [-0.15, -0.1) is 0 Å². The van der Waals surface area contributed by atoms with Gasteiger partial charge in [0.05, 0.1) is 10.3 Å². The van der Waals surface area contributed by atoms with Crippen molar-refractivity contribution in [3.8, 4) is 0 Å². The van der Waals surface area contributed by atoms with Gasteiger partial charge in [0.25, 0.3) is 5.69 Å². The summed E-state index contributed by atoms with van der Waals surface area (Å²) in [4.78, 5) is 25.4. The van der Waals surface area contributed by atoms with Crippen LogP contribution in [-0.4, -0.2) is 35.9 Å². The van der Waals surface area contributed by atoms with Crippen LogP contribution in [0, 0.1) is 10.1 Å². The molecule has 112 valence electrons. The second-order valence-corrected chi connectivity index (χ2v) is 5.82. The van der Waals surface area contributed by atoms with Crippen molar-refractivity contribution in [1.29, 1.82) is 0 Å². The monoisotopic (exact) mass is 289 g/mol. The molecule has 2 fully saturated rings. The van der Waals surface area contributed by atoms with Crippen LogP contribution in [0.25, 0.3) is 0 Å². The number of carbonyl (C=O) groups excluding carboxylic acids is 1. The van der Waals surface area contributed by atoms with Crippen LogP contribution < -0.4 is 5.32 Å². The molecular formula is C15H19N3O3. The van der Waals surface area contributed by atoms with Crippen LogP contribution in [0.15, 0.2) is 18.2 Å². The van der Waals surface area contributed by atoms with E-state index in [1.165, 1.54) is 0 Å². The van der Waals surface area contributed by atoms with Crippen molar-refractivity contribution in [2.75, 3.05) is 25.5 Å². The van der Waals surface area contributed by atoms with E-state index in [-0.39, 0.29) is 11.6 Å². The molecule has 1 amide bonds. The Balaban J connectivity index is 1.94. The number of hydrogen-bond acceptors (Lipinski definition) is 4. The molecule has 6 nitrogen and oxygen atoms in total. The molecule has 0 atom stereocenters. The van der Waals surface area contributed by atoms with Crippen LogP contribution in [0.3, 0.4) is 0 Å². The first kappa shape index (κ1) is 13.9. The van der Waals surface area contributed by atoms with Crippen molar-refractivity contribution in [1.82, 2.24) is 4.90 Å². The summed E-state index contributed by atoms with van der Waals surface area (Å²) in [5.41, 5.74) is 0.787. The van der Waals surface area contributed by atoms with Gasteiger partial charge in [0.2, 0.25) is 5.91 Å². The van der Waals surface area contributed by atoms with E-state index in [1.807, 2.05) is 11.0 Å². The summed E-state index contributed by atoms with van der Waals surface area (Å²) in [6.07, 6.45) is 3.69. The summed E-state index contributed by atoms with van der Waals surface area (Å²) < 4.78 is 0. The number of benzene rings is 1. The van der Waals surface area contributed by atoms with E-state index >= 15 is 0 Å². The van der Waals surface area contributed by atoms with E-state index in [0.29, 0.717) is 5.69 Å². The lowest BCUT2D eigenvalue weighted by Gasteiger charge is -2.23. The first-order chi connectivity index (χ1) is 10.1. The summed E-state index contributed by atoms with van der Waals surface area (Å²) in [7, 11) is 1.66. The molecule has 0 radical (unpaired) electrons. The van der Waals surface area contributed by atoms with E-state index in [0.717, 1.165) is 44.3 Å². The maximum atomic E-state index is 12.7. The number of carbonyl (C=O) groups is 1. The molecule has 0 spiro atoms. The fraction of sp³-hybridized carbons (Fsp3) is 0.533. The minimum Gasteiger partial charge on any atom is -0.383 e. The van der Waals surface area contributed by atoms with Gasteiger partial charge in [-0.25, -0.2) is 0 Å². The van der Waals surface area contributed by atoms with Crippen molar-refractivity contribution < 1.29 is 9.72 Å². The molecule has 1 heterocycles. The third kappa shape index (κ3) is 2.24. The van der Waals surface area contributed by atoms with E-state index < -0.39 is 10.3 Å². The second kappa shape index (κ2) is 5.02. The Morgan fingerprint density at radius 3 is 2.52 bits per heavy atom. The number of nitro benzene ring substituents is 1. The highest BCUT2D eigenvalue weighted by Crippen LogP contribution is 2.51. The van der Waals surface area contributed by atoms with Gasteiger partial charge < -0.3 is 10.2 Å². The van der Waals surface area contributed by atoms with Crippen molar-refractivity contribution in [3.05, 3.63) is 33.9 Å². The zero-order valence-corrected chi connectivity index (χ0v) is 12.1. The number of nitrogens with zero attached hydrogens (tertiary/aromatic N) is 2. The lowest BCUT2D eigenvalue weighted by molar-refractivity contribution is -0.384. The third-order valence-corrected chi connectivity index (χ3v) is 4.57. The van der Waals surface area contributed by atoms with Crippen LogP contribution in [0.5, 0.6) is 0 Å². The van der Waals surface area contributed by atoms with Gasteiger partial charge in [0.1, 0.15) is 5.69 Å². The van der Waals surface area contributed by atoms with Crippen LogP contribution in [0.1, 0.15) is 31.2 Å². The van der Waals surface area contributed by atoms with E-state index in [4.69, 9.17) is 0 Å². The number of amides is 1. The molecule has 3 rings (SSSR count). The predicted molar refractivity (Wildman–Crippen MR) is 79.4 cm³/mol. The van der Waals surface area contributed by atoms with Crippen LogP contribution in [-0.2, 0) is 10.2 Å². The van der Waals surface area contributed by atoms with Gasteiger partial charge in [0, 0.05) is 26.2 Å². The van der Waals surface area contributed by atoms with E-state index in [2.05, 4.69) is 5.32 Å². The van der Waals surface area contributed by atoms with Crippen molar-refractivity contribution in [3.63, 3.8) is 0 Å². The summed E-state index contributed by atoms with van der Waals surface area (Å²) in [5.74, 6) is 0.145. The SMILES string of the molecule is CNc1ccc(C2(C(=O)N3CCCC3)CC2)cc1[N+](=O)[O-]. The highest BCUT2D eigenvalue weighted by atomic mass is 16.6. The van der Waals surface area contributed by atoms with Crippen LogP contribution in [0.2, 0.25) is 0 Å². The number of nitro groups is 1. The molecule has 1 aromatic carbocycles. The van der Waals surface area contributed by atoms with Gasteiger partial charge in [-0.3, -0.25) is 14.9 Å². The standard InChI is InChI=1S/C15H19N3O3/c1-16-12-5-4-11(10-13(12)18(20)21)15(6-7-15)14(19)17-8-2-3-9-17/h4-5,10,16H,2-3,6-9H2,1H3. The average molecular weight is 289 g/mol. The molecular weight excluding hydrogens is 270 g/mol. The maximum Gasteiger partial charge on any atom is 0.292 e. The second-order valence-electron chi connectivity index (χ2n) is 5.82. The lowest BCUT2D eigenvalue weighted by atomic mass is 9.93. The fourth-order valence-corrected chi connectivity index (χ4v) is 3.17. The molecule has 1 aliphatic heterocycles. The zero-order valence-electron chi connectivity index (χ0n) is 12.1. The first-order valence-corrected chi connectivity index (χ1v) is 7.34. The predicted octanol–water partition coefficient (Wildman–Crippen LogP) is 2.29. The van der Waals surface area contributed by atoms with Crippen LogP contribution in [0.4, 0.5) is 11.4 Å². The van der Waals surface area contributed by atoms with Gasteiger partial charge in [-0.05, 0) is 37.3 Å². The minimum atomic E-state index is -0.513. The summed E-state index contributed by atoms with van der Waals surface area (Å²) >= 11 is 0. The van der Waals surface area contributed by atoms with Gasteiger partial charge >= 0.3 is 0 Å². The Bertz CT molecular complexity index is 590. The Hall–Kier alpha value is -2.11. The van der Waals surface area contributed by atoms with Gasteiger partial charge in [-0.1, -0.05) is 6.07 Å². The Labute approximate surface area is 123 Å². The molecule has 0 aromatic heterocycles. The number of anilines is 1. The number of likely N-dealkylation sites (tertiary alicyclic amines) is 1. The number of rotatable bonds is 4. The molecule has 1 aliphatic carbocycles. The van der Waals surface area contributed by atoms with E-state index in [1.54, 1.807) is 19.2 Å². The molecule has 0 bridgehead atoms. The average Bonchev–Trinajstić information content (AvgIpc) is 3.12. The maximum absolute atomic E-state index is 12.7. The van der Waals surface area contributed by atoms with Crippen LogP contribution >= 0.6 is 0 Å². The Morgan fingerprint density at radius 1 is 1.33 bits per heavy atom. The molecule has 6 heteroatoms. The van der Waals surface area contributed by atoms with Crippen molar-refractivity contribution in [2.45, 2.75) is 31.1 Å². The molecule has 1 saturated heterocycles. The Morgan fingerprint density at radius 2 is 2.00 bits per heavy atom. The molecule has 1 N–H and O–H groups in total. The highest BCUT2D eigenvalue weighted by Gasteiger charge is 2.53. The summed E-state index contributed by atoms with van der Waals surface area (Å²) in [6.45, 7) is 1.63. The highest BCUT2D eigenvalue weighted by molar-refractivity contribution is 5.92. The number of nitrogens with one attached hydrogen (secondary N) is 1. The quantitative estimate of drug-likeness (QED) is 0.681. The third-order valence-electron chi connectivity index (χ3n) is 4.57. The minimum absolute atomic E-state index is 0.0375. The van der Waals surface area contributed by atoms with Gasteiger partial charge in [-0.2, -0.15) is 0 Å². The molecule has 0 unspecified atom stereocenters. The summed E-state index contributed by atoms with van der Waals surface area (Å²) in [6, 6.07) is 5.11. The molecule has 2 aliphatic rings. The zero-order chi connectivity index (χ0) is 15.0. The summed E-state index contributed by atoms with van der Waals surface area (Å²) in [5, 5.41) is 14.0. The van der Waals surface area contributed by atoms with Crippen molar-refractivity contribution >= 4 is 17.3 Å². The van der Waals surface area contributed by atoms with Gasteiger partial charge in [0.15, 0.2) is 0 Å². The molecule has 1 aromatic rings. The first-order valence-electron chi connectivity index (χ1n) is 7.34. The lowest BCUT2D eigenvalue weighted by Crippen LogP contribution is -2.37. The normalized spacial score (nSPS) is 19.4. The largest absolute Gasteiger partial charge is 0.383 e. The number of hydrogen-bond donors (Lipinski definition) is 1. The smallest absolute Gasteiger partial charge is 0.292 e. The fourth-order valence-electron chi connectivity index (χ4n) is 3.17. The van der Waals surface area contributed by atoms with Crippen molar-refractivity contribution in [2.24, 2.45) is 0 Å².